The van der Waals surface area contributed by atoms with Gasteiger partial charge >= 0.3 is 12.1 Å². The zero-order valence-corrected chi connectivity index (χ0v) is 16.4. The number of allylic oxidation sites excluding steroid dienone is 1. The number of anilines is 1. The van der Waals surface area contributed by atoms with Gasteiger partial charge in [-0.15, -0.1) is 6.58 Å². The monoisotopic (exact) mass is 384 g/mol. The predicted molar refractivity (Wildman–Crippen MR) is 106 cm³/mol. The van der Waals surface area contributed by atoms with Crippen molar-refractivity contribution in [2.75, 3.05) is 5.32 Å². The third-order valence-electron chi connectivity index (χ3n) is 3.55. The molecule has 0 radical (unpaired) electrons. The van der Waals surface area contributed by atoms with Crippen LogP contribution in [0.15, 0.2) is 43.0 Å². The maximum absolute atomic E-state index is 12.0. The number of aromatic nitrogens is 1. The number of carboxylic acids is 1. The largest absolute Gasteiger partial charge is 0.476 e. The van der Waals surface area contributed by atoms with Crippen molar-refractivity contribution in [1.29, 1.82) is 0 Å². The summed E-state index contributed by atoms with van der Waals surface area (Å²) in [5.74, 6) is -0.596. The normalized spacial score (nSPS) is 10.9. The molecule has 0 fully saturated rings. The number of rotatable bonds is 6. The summed E-state index contributed by atoms with van der Waals surface area (Å²) in [6.07, 6.45) is 1.58. The first-order valence-corrected chi connectivity index (χ1v) is 8.72. The van der Waals surface area contributed by atoms with E-state index in [-0.39, 0.29) is 17.3 Å². The Kier molecular flexibility index (Phi) is 6.41. The quantitative estimate of drug-likeness (QED) is 0.684. The fourth-order valence-electron chi connectivity index (χ4n) is 2.40. The summed E-state index contributed by atoms with van der Waals surface area (Å²) < 4.78 is 11.0. The lowest BCUT2D eigenvalue weighted by molar-refractivity contribution is 0.0636. The van der Waals surface area contributed by atoms with Crippen molar-refractivity contribution < 1.29 is 24.2 Å². The van der Waals surface area contributed by atoms with E-state index in [2.05, 4.69) is 16.9 Å². The fraction of sp³-hybridized carbons (Fsp3) is 0.286. The average molecular weight is 384 g/mol. The van der Waals surface area contributed by atoms with Crippen LogP contribution in [0.2, 0.25) is 0 Å². The molecule has 0 aliphatic heterocycles. The summed E-state index contributed by atoms with van der Waals surface area (Å²) in [6.45, 7) is 10.6. The van der Waals surface area contributed by atoms with Gasteiger partial charge in [0.1, 0.15) is 11.4 Å². The molecule has 1 aromatic carbocycles. The highest BCUT2D eigenvalue weighted by molar-refractivity contribution is 5.97. The fourth-order valence-corrected chi connectivity index (χ4v) is 2.40. The number of hydrogen-bond acceptors (Lipinski definition) is 5. The van der Waals surface area contributed by atoms with E-state index in [0.717, 1.165) is 5.56 Å². The molecule has 0 bridgehead atoms. The van der Waals surface area contributed by atoms with Crippen LogP contribution in [0.5, 0.6) is 11.6 Å². The van der Waals surface area contributed by atoms with Gasteiger partial charge in [0, 0.05) is 5.56 Å². The summed E-state index contributed by atoms with van der Waals surface area (Å²) in [6, 6.07) is 8.85. The van der Waals surface area contributed by atoms with E-state index in [1.54, 1.807) is 39.8 Å². The predicted octanol–water partition coefficient (Wildman–Crippen LogP) is 4.96. The highest BCUT2D eigenvalue weighted by Crippen LogP contribution is 2.30. The van der Waals surface area contributed by atoms with Crippen molar-refractivity contribution in [2.45, 2.75) is 39.7 Å². The van der Waals surface area contributed by atoms with Gasteiger partial charge in [0.2, 0.25) is 5.88 Å². The van der Waals surface area contributed by atoms with Crippen molar-refractivity contribution in [3.8, 4) is 11.6 Å². The second kappa shape index (κ2) is 8.56. The summed E-state index contributed by atoms with van der Waals surface area (Å²) in [5.41, 5.74) is 0.433. The number of carboxylic acid groups (broad SMARTS) is 1. The molecule has 1 aromatic heterocycles. The molecule has 28 heavy (non-hydrogen) atoms. The molecule has 7 heteroatoms. The molecule has 0 saturated carbocycles. The molecule has 1 amide bonds. The molecule has 0 aliphatic rings. The molecule has 0 saturated heterocycles. The van der Waals surface area contributed by atoms with Gasteiger partial charge in [0.25, 0.3) is 0 Å². The smallest absolute Gasteiger partial charge is 0.412 e. The number of hydrogen-bond donors (Lipinski definition) is 2. The van der Waals surface area contributed by atoms with Gasteiger partial charge < -0.3 is 14.6 Å². The minimum absolute atomic E-state index is 0.0333. The SMILES string of the molecule is C=CCc1ccccc1Oc1nc(C(=O)O)c(NC(=O)OC(C)(C)C)cc1C. The number of amides is 1. The Bertz CT molecular complexity index is 900. The molecule has 7 nitrogen and oxygen atoms in total. The minimum atomic E-state index is -1.30. The van der Waals surface area contributed by atoms with Crippen molar-refractivity contribution in [3.63, 3.8) is 0 Å². The molecular formula is C21H24N2O5. The van der Waals surface area contributed by atoms with E-state index in [9.17, 15) is 14.7 Å². The van der Waals surface area contributed by atoms with Crippen LogP contribution in [0.1, 0.15) is 42.4 Å². The molecule has 0 unspecified atom stereocenters. The maximum atomic E-state index is 12.0. The molecule has 0 atom stereocenters. The molecule has 2 rings (SSSR count). The summed E-state index contributed by atoms with van der Waals surface area (Å²) in [4.78, 5) is 27.8. The Labute approximate surface area is 164 Å². The van der Waals surface area contributed by atoms with Crippen LogP contribution >= 0.6 is 0 Å². The number of carbonyl (C=O) groups is 2. The summed E-state index contributed by atoms with van der Waals surface area (Å²) in [5, 5.41) is 11.9. The van der Waals surface area contributed by atoms with Gasteiger partial charge in [0.05, 0.1) is 5.69 Å². The van der Waals surface area contributed by atoms with Gasteiger partial charge in [0.15, 0.2) is 5.69 Å². The summed E-state index contributed by atoms with van der Waals surface area (Å²) >= 11 is 0. The zero-order valence-electron chi connectivity index (χ0n) is 16.4. The molecule has 2 N–H and O–H groups in total. The van der Waals surface area contributed by atoms with Crippen LogP contribution in [-0.4, -0.2) is 27.8 Å². The standard InChI is InChI=1S/C21H24N2O5/c1-6-9-14-10-7-8-11-16(14)27-18-13(2)12-15(17(23-18)19(24)25)22-20(26)28-21(3,4)5/h6-8,10-12H,1,9H2,2-5H3,(H,22,26)(H,24,25). The maximum Gasteiger partial charge on any atom is 0.412 e. The van der Waals surface area contributed by atoms with E-state index in [4.69, 9.17) is 9.47 Å². The first-order chi connectivity index (χ1) is 13.1. The van der Waals surface area contributed by atoms with Gasteiger partial charge in [-0.1, -0.05) is 24.3 Å². The first-order valence-electron chi connectivity index (χ1n) is 8.72. The number of nitrogens with one attached hydrogen (secondary N) is 1. The van der Waals surface area contributed by atoms with E-state index in [0.29, 0.717) is 17.7 Å². The number of carbonyl (C=O) groups excluding carboxylic acids is 1. The Balaban J connectivity index is 2.36. The van der Waals surface area contributed by atoms with E-state index < -0.39 is 17.7 Å². The van der Waals surface area contributed by atoms with Crippen LogP contribution < -0.4 is 10.1 Å². The Morgan fingerprint density at radius 2 is 1.96 bits per heavy atom. The Morgan fingerprint density at radius 3 is 2.57 bits per heavy atom. The first kappa shape index (κ1) is 21.0. The van der Waals surface area contributed by atoms with E-state index in [1.165, 1.54) is 6.07 Å². The third kappa shape index (κ3) is 5.57. The molecular weight excluding hydrogens is 360 g/mol. The number of pyridine rings is 1. The van der Waals surface area contributed by atoms with Crippen LogP contribution in [0.25, 0.3) is 0 Å². The van der Waals surface area contributed by atoms with Crippen LogP contribution in [0.3, 0.4) is 0 Å². The summed E-state index contributed by atoms with van der Waals surface area (Å²) in [7, 11) is 0. The number of ether oxygens (including phenoxy) is 2. The van der Waals surface area contributed by atoms with Crippen LogP contribution in [0.4, 0.5) is 10.5 Å². The molecule has 2 aromatic rings. The molecule has 1 heterocycles. The van der Waals surface area contributed by atoms with Crippen molar-refractivity contribution in [1.82, 2.24) is 4.98 Å². The van der Waals surface area contributed by atoms with Gasteiger partial charge in [-0.25, -0.2) is 14.6 Å². The van der Waals surface area contributed by atoms with Crippen molar-refractivity contribution in [3.05, 3.63) is 59.8 Å². The van der Waals surface area contributed by atoms with Gasteiger partial charge in [-0.05, 0) is 51.8 Å². The lowest BCUT2D eigenvalue weighted by atomic mass is 10.1. The van der Waals surface area contributed by atoms with E-state index in [1.807, 2.05) is 18.2 Å². The highest BCUT2D eigenvalue weighted by Gasteiger charge is 2.22. The molecule has 0 aliphatic carbocycles. The number of aryl methyl sites for hydroxylation is 1. The number of para-hydroxylation sites is 1. The highest BCUT2D eigenvalue weighted by atomic mass is 16.6. The molecule has 148 valence electrons. The minimum Gasteiger partial charge on any atom is -0.476 e. The number of benzene rings is 1. The number of nitrogens with zero attached hydrogens (tertiary/aromatic N) is 1. The second-order valence-electron chi connectivity index (χ2n) is 7.14. The van der Waals surface area contributed by atoms with Gasteiger partial charge in [-0.3, -0.25) is 5.32 Å². The average Bonchev–Trinajstić information content (AvgIpc) is 2.57. The lowest BCUT2D eigenvalue weighted by Gasteiger charge is -2.20. The van der Waals surface area contributed by atoms with Gasteiger partial charge in [-0.2, -0.15) is 0 Å². The Morgan fingerprint density at radius 1 is 1.29 bits per heavy atom. The molecule has 0 spiro atoms. The zero-order chi connectivity index (χ0) is 20.9. The Hall–Kier alpha value is -3.35. The topological polar surface area (TPSA) is 97.8 Å². The van der Waals surface area contributed by atoms with E-state index >= 15 is 0 Å². The van der Waals surface area contributed by atoms with Crippen LogP contribution in [-0.2, 0) is 11.2 Å². The van der Waals surface area contributed by atoms with Crippen molar-refractivity contribution >= 4 is 17.7 Å². The van der Waals surface area contributed by atoms with Crippen LogP contribution in [0, 0.1) is 6.92 Å². The van der Waals surface area contributed by atoms with Crippen molar-refractivity contribution in [2.24, 2.45) is 0 Å². The lowest BCUT2D eigenvalue weighted by Crippen LogP contribution is -2.28. The second-order valence-corrected chi connectivity index (χ2v) is 7.14. The third-order valence-corrected chi connectivity index (χ3v) is 3.55. The number of aromatic carboxylic acids is 1.